The number of carbonyl (C=O) groups excluding carboxylic acids is 1. The Morgan fingerprint density at radius 1 is 1.40 bits per heavy atom. The van der Waals surface area contributed by atoms with Gasteiger partial charge in [-0.2, -0.15) is 0 Å². The third-order valence-corrected chi connectivity index (χ3v) is 3.44. The average molecular weight is 281 g/mol. The van der Waals surface area contributed by atoms with Gasteiger partial charge in [0, 0.05) is 6.54 Å². The molecule has 2 rings (SSSR count). The third kappa shape index (κ3) is 2.74. The van der Waals surface area contributed by atoms with Crippen molar-refractivity contribution in [2.75, 3.05) is 13.7 Å². The van der Waals surface area contributed by atoms with Gasteiger partial charge in [0.15, 0.2) is 0 Å². The van der Waals surface area contributed by atoms with Crippen LogP contribution in [0.4, 0.5) is 4.39 Å². The fraction of sp³-hybridized carbons (Fsp3) is 0.429. The molecule has 1 heterocycles. The molecule has 0 spiro atoms. The molecule has 108 valence electrons. The summed E-state index contributed by atoms with van der Waals surface area (Å²) in [7, 11) is 1.38. The monoisotopic (exact) mass is 281 g/mol. The number of amides is 1. The van der Waals surface area contributed by atoms with E-state index < -0.39 is 23.7 Å². The molecule has 1 aliphatic heterocycles. The summed E-state index contributed by atoms with van der Waals surface area (Å²) in [6, 6.07) is 2.78. The maximum atomic E-state index is 13.3. The molecule has 1 N–H and O–H groups in total. The maximum Gasteiger partial charge on any atom is 0.326 e. The van der Waals surface area contributed by atoms with Gasteiger partial charge in [0.2, 0.25) is 0 Å². The highest BCUT2D eigenvalue weighted by atomic mass is 19.1. The molecule has 1 aromatic rings. The number of hydrogen-bond donors (Lipinski definition) is 1. The number of hydrogen-bond acceptors (Lipinski definition) is 3. The van der Waals surface area contributed by atoms with Crippen LogP contribution in [-0.4, -0.2) is 41.6 Å². The third-order valence-electron chi connectivity index (χ3n) is 3.44. The minimum Gasteiger partial charge on any atom is -0.496 e. The Morgan fingerprint density at radius 3 is 2.80 bits per heavy atom. The predicted molar refractivity (Wildman–Crippen MR) is 69.3 cm³/mol. The molecule has 6 heteroatoms. The Balaban J connectivity index is 2.34. The van der Waals surface area contributed by atoms with Crippen molar-refractivity contribution in [2.45, 2.75) is 25.3 Å². The first kappa shape index (κ1) is 14.3. The molecule has 0 bridgehead atoms. The number of ether oxygens (including phenoxy) is 1. The molecule has 0 saturated carbocycles. The van der Waals surface area contributed by atoms with E-state index >= 15 is 0 Å². The molecule has 20 heavy (non-hydrogen) atoms. The van der Waals surface area contributed by atoms with Crippen molar-refractivity contribution in [2.24, 2.45) is 0 Å². The lowest BCUT2D eigenvalue weighted by atomic mass is 10.0. The average Bonchev–Trinajstić information content (AvgIpc) is 2.46. The van der Waals surface area contributed by atoms with Crippen LogP contribution in [0.5, 0.6) is 5.75 Å². The largest absolute Gasteiger partial charge is 0.496 e. The maximum absolute atomic E-state index is 13.3. The minimum atomic E-state index is -1.03. The topological polar surface area (TPSA) is 66.8 Å². The van der Waals surface area contributed by atoms with Gasteiger partial charge in [-0.25, -0.2) is 9.18 Å². The normalized spacial score (nSPS) is 18.7. The Morgan fingerprint density at radius 2 is 2.15 bits per heavy atom. The zero-order valence-electron chi connectivity index (χ0n) is 11.1. The highest BCUT2D eigenvalue weighted by Gasteiger charge is 2.33. The second-order valence-corrected chi connectivity index (χ2v) is 4.69. The summed E-state index contributed by atoms with van der Waals surface area (Å²) < 4.78 is 18.4. The number of benzene rings is 1. The molecule has 1 amide bonds. The van der Waals surface area contributed by atoms with Gasteiger partial charge in [-0.15, -0.1) is 0 Å². The van der Waals surface area contributed by atoms with Crippen LogP contribution >= 0.6 is 0 Å². The number of carbonyl (C=O) groups is 2. The van der Waals surface area contributed by atoms with Crippen molar-refractivity contribution >= 4 is 11.9 Å². The molecular weight excluding hydrogens is 265 g/mol. The lowest BCUT2D eigenvalue weighted by Gasteiger charge is -2.33. The molecular formula is C14H16FNO4. The van der Waals surface area contributed by atoms with E-state index in [1.54, 1.807) is 0 Å². The second-order valence-electron chi connectivity index (χ2n) is 4.69. The summed E-state index contributed by atoms with van der Waals surface area (Å²) in [6.45, 7) is 0.357. The smallest absolute Gasteiger partial charge is 0.326 e. The molecule has 0 aromatic heterocycles. The number of nitrogens with zero attached hydrogens (tertiary/aromatic N) is 1. The summed E-state index contributed by atoms with van der Waals surface area (Å²) in [5.41, 5.74) is 0.0562. The molecule has 1 fully saturated rings. The van der Waals surface area contributed by atoms with E-state index in [9.17, 15) is 19.1 Å². The van der Waals surface area contributed by atoms with Gasteiger partial charge in [-0.3, -0.25) is 4.79 Å². The fourth-order valence-corrected chi connectivity index (χ4v) is 2.43. The Bertz CT molecular complexity index is 532. The lowest BCUT2D eigenvalue weighted by Crippen LogP contribution is -2.48. The number of rotatable bonds is 3. The van der Waals surface area contributed by atoms with Gasteiger partial charge in [0.25, 0.3) is 5.91 Å². The molecule has 0 radical (unpaired) electrons. The van der Waals surface area contributed by atoms with E-state index in [-0.39, 0.29) is 11.3 Å². The Hall–Kier alpha value is -2.11. The number of halogens is 1. The summed E-state index contributed by atoms with van der Waals surface area (Å²) >= 11 is 0. The number of carboxylic acid groups (broad SMARTS) is 1. The van der Waals surface area contributed by atoms with Gasteiger partial charge in [0.1, 0.15) is 17.6 Å². The summed E-state index contributed by atoms with van der Waals surface area (Å²) in [5.74, 6) is -1.86. The van der Waals surface area contributed by atoms with Crippen LogP contribution in [0.1, 0.15) is 29.6 Å². The SMILES string of the molecule is COc1ccc(F)cc1C(=O)N1CCCC[C@H]1C(=O)O. The van der Waals surface area contributed by atoms with Crippen molar-refractivity contribution in [3.8, 4) is 5.75 Å². The standard InChI is InChI=1S/C14H16FNO4/c1-20-12-6-5-9(15)8-10(12)13(17)16-7-3-2-4-11(16)14(18)19/h5-6,8,11H,2-4,7H2,1H3,(H,18,19)/t11-/m0/s1. The van der Waals surface area contributed by atoms with E-state index in [4.69, 9.17) is 4.74 Å². The highest BCUT2D eigenvalue weighted by Crippen LogP contribution is 2.25. The van der Waals surface area contributed by atoms with Crippen LogP contribution in [0.15, 0.2) is 18.2 Å². The summed E-state index contributed by atoms with van der Waals surface area (Å²) in [6.07, 6.45) is 1.92. The van der Waals surface area contributed by atoms with Crippen molar-refractivity contribution < 1.29 is 23.8 Å². The summed E-state index contributed by atoms with van der Waals surface area (Å²) in [5, 5.41) is 9.19. The minimum absolute atomic E-state index is 0.0562. The van der Waals surface area contributed by atoms with Crippen molar-refractivity contribution in [1.82, 2.24) is 4.90 Å². The zero-order valence-corrected chi connectivity index (χ0v) is 11.1. The van der Waals surface area contributed by atoms with Crippen molar-refractivity contribution in [3.63, 3.8) is 0 Å². The molecule has 1 aliphatic rings. The van der Waals surface area contributed by atoms with Crippen LogP contribution in [0.3, 0.4) is 0 Å². The number of likely N-dealkylation sites (tertiary alicyclic amines) is 1. The van der Waals surface area contributed by atoms with Crippen LogP contribution in [0, 0.1) is 5.82 Å². The number of piperidine rings is 1. The van der Waals surface area contributed by atoms with Crippen LogP contribution in [0.25, 0.3) is 0 Å². The number of carboxylic acids is 1. The Labute approximate surface area is 116 Å². The number of aliphatic carboxylic acids is 1. The number of methoxy groups -OCH3 is 1. The molecule has 0 unspecified atom stereocenters. The second kappa shape index (κ2) is 5.90. The van der Waals surface area contributed by atoms with Crippen LogP contribution in [-0.2, 0) is 4.79 Å². The van der Waals surface area contributed by atoms with E-state index in [0.717, 1.165) is 18.9 Å². The Kier molecular flexibility index (Phi) is 4.22. The summed E-state index contributed by atoms with van der Waals surface area (Å²) in [4.78, 5) is 25.0. The van der Waals surface area contributed by atoms with Gasteiger partial charge in [-0.05, 0) is 37.5 Å². The van der Waals surface area contributed by atoms with Gasteiger partial charge in [-0.1, -0.05) is 0 Å². The molecule has 0 aliphatic carbocycles. The fourth-order valence-electron chi connectivity index (χ4n) is 2.43. The van der Waals surface area contributed by atoms with E-state index in [0.29, 0.717) is 13.0 Å². The van der Waals surface area contributed by atoms with Gasteiger partial charge < -0.3 is 14.7 Å². The molecule has 1 saturated heterocycles. The van der Waals surface area contributed by atoms with Crippen LogP contribution in [0.2, 0.25) is 0 Å². The van der Waals surface area contributed by atoms with Crippen LogP contribution < -0.4 is 4.74 Å². The highest BCUT2D eigenvalue weighted by molar-refractivity contribution is 5.99. The molecule has 1 aromatic carbocycles. The first-order chi connectivity index (χ1) is 9.54. The lowest BCUT2D eigenvalue weighted by molar-refractivity contribution is -0.143. The van der Waals surface area contributed by atoms with Gasteiger partial charge >= 0.3 is 5.97 Å². The van der Waals surface area contributed by atoms with E-state index in [1.165, 1.54) is 24.1 Å². The van der Waals surface area contributed by atoms with Crippen molar-refractivity contribution in [1.29, 1.82) is 0 Å². The predicted octanol–water partition coefficient (Wildman–Crippen LogP) is 1.91. The van der Waals surface area contributed by atoms with E-state index in [1.807, 2.05) is 0 Å². The zero-order chi connectivity index (χ0) is 14.7. The van der Waals surface area contributed by atoms with Gasteiger partial charge in [0.05, 0.1) is 12.7 Å². The molecule has 5 nitrogen and oxygen atoms in total. The van der Waals surface area contributed by atoms with E-state index in [2.05, 4.69) is 0 Å². The quantitative estimate of drug-likeness (QED) is 0.919. The first-order valence-corrected chi connectivity index (χ1v) is 6.42. The molecule has 1 atom stereocenters. The van der Waals surface area contributed by atoms with Crippen molar-refractivity contribution in [3.05, 3.63) is 29.6 Å². The first-order valence-electron chi connectivity index (χ1n) is 6.42.